The summed E-state index contributed by atoms with van der Waals surface area (Å²) in [7, 11) is 0. The zero-order valence-corrected chi connectivity index (χ0v) is 17.8. The Bertz CT molecular complexity index is 1220. The molecule has 0 bridgehead atoms. The minimum Gasteiger partial charge on any atom is -0.490 e. The van der Waals surface area contributed by atoms with E-state index in [-0.39, 0.29) is 28.6 Å². The standard InChI is InChI=1S/C24H18ClFN2O4/c1-2-31-23-12-16(10-19(14-27)17-7-5-8-20(13-17)28(29)30)11-21(25)24(23)32-15-18-6-3-4-9-22(18)26/h3-13H,2,15H2,1H3/b19-10-. The molecule has 0 spiro atoms. The Kier molecular flexibility index (Phi) is 7.42. The van der Waals surface area contributed by atoms with E-state index in [1.807, 2.05) is 0 Å². The fourth-order valence-corrected chi connectivity index (χ4v) is 3.25. The molecule has 0 amide bonds. The normalized spacial score (nSPS) is 11.0. The summed E-state index contributed by atoms with van der Waals surface area (Å²) in [6.07, 6.45) is 1.55. The number of allylic oxidation sites excluding steroid dienone is 1. The number of ether oxygens (including phenoxy) is 2. The average Bonchev–Trinajstić information content (AvgIpc) is 2.78. The van der Waals surface area contributed by atoms with E-state index in [0.717, 1.165) is 0 Å². The Morgan fingerprint density at radius 2 is 1.97 bits per heavy atom. The van der Waals surface area contributed by atoms with Crippen molar-refractivity contribution in [2.75, 3.05) is 6.61 Å². The molecule has 0 aliphatic heterocycles. The molecule has 0 aliphatic carbocycles. The van der Waals surface area contributed by atoms with E-state index < -0.39 is 10.7 Å². The summed E-state index contributed by atoms with van der Waals surface area (Å²) in [5, 5.41) is 20.8. The van der Waals surface area contributed by atoms with Crippen LogP contribution in [-0.2, 0) is 6.61 Å². The smallest absolute Gasteiger partial charge is 0.270 e. The first-order chi connectivity index (χ1) is 15.4. The molecule has 6 nitrogen and oxygen atoms in total. The number of hydrogen-bond acceptors (Lipinski definition) is 5. The van der Waals surface area contributed by atoms with Crippen molar-refractivity contribution in [3.05, 3.63) is 98.3 Å². The first kappa shape index (κ1) is 22.8. The van der Waals surface area contributed by atoms with Crippen LogP contribution in [0.15, 0.2) is 60.7 Å². The van der Waals surface area contributed by atoms with E-state index in [0.29, 0.717) is 29.0 Å². The Morgan fingerprint density at radius 3 is 2.66 bits per heavy atom. The molecule has 0 heterocycles. The van der Waals surface area contributed by atoms with E-state index in [1.54, 1.807) is 49.4 Å². The average molecular weight is 453 g/mol. The van der Waals surface area contributed by atoms with E-state index in [4.69, 9.17) is 21.1 Å². The number of nitriles is 1. The third-order valence-electron chi connectivity index (χ3n) is 4.46. The molecular formula is C24H18ClFN2O4. The van der Waals surface area contributed by atoms with Crippen molar-refractivity contribution in [1.29, 1.82) is 5.26 Å². The largest absolute Gasteiger partial charge is 0.490 e. The van der Waals surface area contributed by atoms with Crippen molar-refractivity contribution in [3.8, 4) is 17.6 Å². The van der Waals surface area contributed by atoms with E-state index in [1.165, 1.54) is 24.3 Å². The maximum Gasteiger partial charge on any atom is 0.270 e. The summed E-state index contributed by atoms with van der Waals surface area (Å²) in [6, 6.07) is 17.3. The van der Waals surface area contributed by atoms with Crippen LogP contribution in [0.4, 0.5) is 10.1 Å². The van der Waals surface area contributed by atoms with Gasteiger partial charge in [-0.15, -0.1) is 0 Å². The highest BCUT2D eigenvalue weighted by atomic mass is 35.5. The second-order valence-corrected chi connectivity index (χ2v) is 7.03. The first-order valence-corrected chi connectivity index (χ1v) is 10.00. The number of nitro groups is 1. The van der Waals surface area contributed by atoms with Crippen LogP contribution in [0.1, 0.15) is 23.6 Å². The van der Waals surface area contributed by atoms with E-state index >= 15 is 0 Å². The fraction of sp³-hybridized carbons (Fsp3) is 0.125. The van der Waals surface area contributed by atoms with Gasteiger partial charge in [0.2, 0.25) is 0 Å². The number of rotatable bonds is 8. The quantitative estimate of drug-likeness (QED) is 0.170. The summed E-state index contributed by atoms with van der Waals surface area (Å²) >= 11 is 6.42. The molecule has 162 valence electrons. The number of hydrogen-bond donors (Lipinski definition) is 0. The lowest BCUT2D eigenvalue weighted by Gasteiger charge is -2.15. The Hall–Kier alpha value is -3.89. The van der Waals surface area contributed by atoms with Gasteiger partial charge in [0.25, 0.3) is 5.69 Å². The third-order valence-corrected chi connectivity index (χ3v) is 4.74. The number of nitro benzene ring substituents is 1. The maximum atomic E-state index is 13.9. The minimum absolute atomic E-state index is 0.0429. The fourth-order valence-electron chi connectivity index (χ4n) is 2.97. The molecule has 8 heteroatoms. The van der Waals surface area contributed by atoms with Gasteiger partial charge in [-0.1, -0.05) is 41.9 Å². The van der Waals surface area contributed by atoms with Crippen LogP contribution in [0.2, 0.25) is 5.02 Å². The van der Waals surface area contributed by atoms with Gasteiger partial charge >= 0.3 is 0 Å². The molecule has 0 N–H and O–H groups in total. The summed E-state index contributed by atoms with van der Waals surface area (Å²) in [6.45, 7) is 2.08. The van der Waals surface area contributed by atoms with Gasteiger partial charge in [-0.25, -0.2) is 4.39 Å². The van der Waals surface area contributed by atoms with Crippen LogP contribution in [0.5, 0.6) is 11.5 Å². The minimum atomic E-state index is -0.524. The Morgan fingerprint density at radius 1 is 1.19 bits per heavy atom. The van der Waals surface area contributed by atoms with Crippen molar-refractivity contribution in [1.82, 2.24) is 0 Å². The van der Waals surface area contributed by atoms with Crippen LogP contribution in [0.3, 0.4) is 0 Å². The van der Waals surface area contributed by atoms with Crippen LogP contribution in [-0.4, -0.2) is 11.5 Å². The molecule has 3 rings (SSSR count). The van der Waals surface area contributed by atoms with Crippen LogP contribution in [0.25, 0.3) is 11.6 Å². The summed E-state index contributed by atoms with van der Waals surface area (Å²) in [4.78, 5) is 10.5. The van der Waals surface area contributed by atoms with Crippen molar-refractivity contribution in [3.63, 3.8) is 0 Å². The van der Waals surface area contributed by atoms with E-state index in [2.05, 4.69) is 6.07 Å². The second kappa shape index (κ2) is 10.4. The molecule has 0 saturated carbocycles. The van der Waals surface area contributed by atoms with Gasteiger partial charge in [0, 0.05) is 17.7 Å². The van der Waals surface area contributed by atoms with Gasteiger partial charge < -0.3 is 9.47 Å². The molecular weight excluding hydrogens is 435 g/mol. The van der Waals surface area contributed by atoms with E-state index in [9.17, 15) is 19.8 Å². The van der Waals surface area contributed by atoms with Crippen LogP contribution in [0, 0.1) is 27.3 Å². The summed E-state index contributed by atoms with van der Waals surface area (Å²) in [5.74, 6) is 0.193. The second-order valence-electron chi connectivity index (χ2n) is 6.62. The zero-order valence-electron chi connectivity index (χ0n) is 17.0. The monoisotopic (exact) mass is 452 g/mol. The number of nitrogens with zero attached hydrogens (tertiary/aromatic N) is 2. The highest BCUT2D eigenvalue weighted by Gasteiger charge is 2.15. The third kappa shape index (κ3) is 5.42. The molecule has 0 atom stereocenters. The van der Waals surface area contributed by atoms with Crippen LogP contribution < -0.4 is 9.47 Å². The first-order valence-electron chi connectivity index (χ1n) is 9.62. The van der Waals surface area contributed by atoms with Crippen molar-refractivity contribution >= 4 is 28.9 Å². The van der Waals surface area contributed by atoms with Gasteiger partial charge in [-0.05, 0) is 42.3 Å². The molecule has 3 aromatic rings. The molecule has 0 unspecified atom stereocenters. The topological polar surface area (TPSA) is 85.4 Å². The zero-order chi connectivity index (χ0) is 23.1. The highest BCUT2D eigenvalue weighted by molar-refractivity contribution is 6.32. The van der Waals surface area contributed by atoms with Gasteiger partial charge in [0.1, 0.15) is 12.4 Å². The number of halogens is 2. The van der Waals surface area contributed by atoms with Gasteiger partial charge in [0.05, 0.1) is 28.2 Å². The lowest BCUT2D eigenvalue weighted by Crippen LogP contribution is -2.02. The Labute approximate surface area is 189 Å². The van der Waals surface area contributed by atoms with Crippen molar-refractivity contribution < 1.29 is 18.8 Å². The molecule has 0 fully saturated rings. The maximum absolute atomic E-state index is 13.9. The van der Waals surface area contributed by atoms with Crippen molar-refractivity contribution in [2.45, 2.75) is 13.5 Å². The molecule has 3 aromatic carbocycles. The lowest BCUT2D eigenvalue weighted by molar-refractivity contribution is -0.384. The van der Waals surface area contributed by atoms with Gasteiger partial charge in [-0.2, -0.15) is 5.26 Å². The number of non-ortho nitro benzene ring substituents is 1. The van der Waals surface area contributed by atoms with Crippen molar-refractivity contribution in [2.24, 2.45) is 0 Å². The van der Waals surface area contributed by atoms with Gasteiger partial charge in [-0.3, -0.25) is 10.1 Å². The number of benzene rings is 3. The molecule has 0 aromatic heterocycles. The predicted octanol–water partition coefficient (Wildman–Crippen LogP) is 6.43. The molecule has 0 saturated heterocycles. The predicted molar refractivity (Wildman–Crippen MR) is 120 cm³/mol. The molecule has 0 aliphatic rings. The SMILES string of the molecule is CCOc1cc(/C=C(/C#N)c2cccc([N+](=O)[O-])c2)cc(Cl)c1OCc1ccccc1F. The van der Waals surface area contributed by atoms with Gasteiger partial charge in [0.15, 0.2) is 11.5 Å². The molecule has 32 heavy (non-hydrogen) atoms. The lowest BCUT2D eigenvalue weighted by atomic mass is 10.0. The van der Waals surface area contributed by atoms with Crippen LogP contribution >= 0.6 is 11.6 Å². The molecule has 0 radical (unpaired) electrons. The highest BCUT2D eigenvalue weighted by Crippen LogP contribution is 2.38. The Balaban J connectivity index is 1.95. The summed E-state index contributed by atoms with van der Waals surface area (Å²) in [5.41, 5.74) is 1.41. The summed E-state index contributed by atoms with van der Waals surface area (Å²) < 4.78 is 25.3.